The number of hydrogen-bond donors (Lipinski definition) is 1. The zero-order valence-corrected chi connectivity index (χ0v) is 12.0. The summed E-state index contributed by atoms with van der Waals surface area (Å²) < 4.78 is 5.35. The molecule has 0 aliphatic heterocycles. The van der Waals surface area contributed by atoms with Crippen LogP contribution in [0, 0.1) is 0 Å². The van der Waals surface area contributed by atoms with Crippen molar-refractivity contribution in [3.8, 4) is 5.75 Å². The Morgan fingerprint density at radius 3 is 2.38 bits per heavy atom. The van der Waals surface area contributed by atoms with E-state index < -0.39 is 0 Å². The zero-order chi connectivity index (χ0) is 14.9. The minimum absolute atomic E-state index is 0.171. The van der Waals surface area contributed by atoms with Crippen LogP contribution in [0.1, 0.15) is 18.1 Å². The smallest absolute Gasteiger partial charge is 0.247 e. The molecule has 2 rings (SSSR count). The first kappa shape index (κ1) is 15.1. The summed E-state index contributed by atoms with van der Waals surface area (Å²) in [6, 6.07) is 17.2. The number of ether oxygens (including phenoxy) is 1. The monoisotopic (exact) mass is 285 g/mol. The molecule has 21 heavy (non-hydrogen) atoms. The summed E-state index contributed by atoms with van der Waals surface area (Å²) in [5, 5.41) is 0. The summed E-state index contributed by atoms with van der Waals surface area (Å²) in [5.41, 5.74) is 4.38. The van der Waals surface area contributed by atoms with Gasteiger partial charge in [-0.3, -0.25) is 9.63 Å². The number of hydroxylamine groups is 1. The lowest BCUT2D eigenvalue weighted by Gasteiger charge is -2.07. The third-order valence-corrected chi connectivity index (χ3v) is 2.87. The highest BCUT2D eigenvalue weighted by atomic mass is 16.6. The Labute approximate surface area is 124 Å². The summed E-state index contributed by atoms with van der Waals surface area (Å²) >= 11 is 0. The summed E-state index contributed by atoms with van der Waals surface area (Å²) in [4.78, 5) is 16.9. The third kappa shape index (κ3) is 5.28. The van der Waals surface area contributed by atoms with Crippen LogP contribution in [-0.4, -0.2) is 12.5 Å². The Bertz CT molecular complexity index is 552. The van der Waals surface area contributed by atoms with Crippen LogP contribution in [0.5, 0.6) is 5.75 Å². The van der Waals surface area contributed by atoms with Crippen molar-refractivity contribution >= 4 is 5.91 Å². The van der Waals surface area contributed by atoms with Crippen LogP contribution in [0.2, 0.25) is 0 Å². The SMILES string of the molecule is CCOc1ccc(CC(=O)NOCc2ccccc2)cc1. The Morgan fingerprint density at radius 1 is 1.00 bits per heavy atom. The van der Waals surface area contributed by atoms with Crippen LogP contribution in [0.3, 0.4) is 0 Å². The van der Waals surface area contributed by atoms with Crippen molar-refractivity contribution in [3.63, 3.8) is 0 Å². The van der Waals surface area contributed by atoms with E-state index in [1.807, 2.05) is 61.5 Å². The molecule has 4 nitrogen and oxygen atoms in total. The molecule has 0 heterocycles. The first-order valence-electron chi connectivity index (χ1n) is 6.94. The maximum absolute atomic E-state index is 11.7. The molecule has 0 saturated carbocycles. The van der Waals surface area contributed by atoms with E-state index in [1.165, 1.54) is 0 Å². The quantitative estimate of drug-likeness (QED) is 0.796. The highest BCUT2D eigenvalue weighted by Crippen LogP contribution is 2.12. The highest BCUT2D eigenvalue weighted by Gasteiger charge is 2.04. The second kappa shape index (κ2) is 8.07. The van der Waals surface area contributed by atoms with Crippen molar-refractivity contribution in [2.24, 2.45) is 0 Å². The van der Waals surface area contributed by atoms with Crippen molar-refractivity contribution < 1.29 is 14.4 Å². The lowest BCUT2D eigenvalue weighted by atomic mass is 10.1. The number of carbonyl (C=O) groups excluding carboxylic acids is 1. The fourth-order valence-electron chi connectivity index (χ4n) is 1.87. The van der Waals surface area contributed by atoms with Gasteiger partial charge in [-0.2, -0.15) is 0 Å². The Balaban J connectivity index is 1.74. The molecule has 4 heteroatoms. The molecule has 0 atom stereocenters. The normalized spacial score (nSPS) is 10.1. The summed E-state index contributed by atoms with van der Waals surface area (Å²) in [6.45, 7) is 2.93. The molecule has 0 unspecified atom stereocenters. The number of hydrogen-bond acceptors (Lipinski definition) is 3. The van der Waals surface area contributed by atoms with E-state index in [0.29, 0.717) is 13.2 Å². The van der Waals surface area contributed by atoms with Crippen molar-refractivity contribution in [3.05, 3.63) is 65.7 Å². The van der Waals surface area contributed by atoms with Gasteiger partial charge in [-0.25, -0.2) is 5.48 Å². The van der Waals surface area contributed by atoms with Gasteiger partial charge in [-0.05, 0) is 30.2 Å². The number of carbonyl (C=O) groups is 1. The minimum atomic E-state index is -0.171. The Kier molecular flexibility index (Phi) is 5.79. The van der Waals surface area contributed by atoms with Gasteiger partial charge in [-0.15, -0.1) is 0 Å². The first-order valence-corrected chi connectivity index (χ1v) is 6.94. The van der Waals surface area contributed by atoms with Gasteiger partial charge in [0, 0.05) is 0 Å². The highest BCUT2D eigenvalue weighted by molar-refractivity contribution is 5.77. The predicted octanol–water partition coefficient (Wildman–Crippen LogP) is 2.88. The fourth-order valence-corrected chi connectivity index (χ4v) is 1.87. The average molecular weight is 285 g/mol. The second-order valence-electron chi connectivity index (χ2n) is 4.55. The molecule has 1 N–H and O–H groups in total. The molecule has 0 saturated heterocycles. The van der Waals surface area contributed by atoms with Gasteiger partial charge in [0.1, 0.15) is 5.75 Å². The molecule has 2 aromatic rings. The second-order valence-corrected chi connectivity index (χ2v) is 4.55. The molecular formula is C17H19NO3. The molecule has 0 radical (unpaired) electrons. The molecular weight excluding hydrogens is 266 g/mol. The number of rotatable bonds is 7. The molecule has 0 fully saturated rings. The molecule has 2 aromatic carbocycles. The van der Waals surface area contributed by atoms with Crippen LogP contribution in [0.25, 0.3) is 0 Å². The molecule has 0 spiro atoms. The molecule has 110 valence electrons. The van der Waals surface area contributed by atoms with Gasteiger partial charge in [-0.1, -0.05) is 42.5 Å². The fraction of sp³-hybridized carbons (Fsp3) is 0.235. The Morgan fingerprint density at radius 2 is 1.71 bits per heavy atom. The lowest BCUT2D eigenvalue weighted by Crippen LogP contribution is -2.25. The van der Waals surface area contributed by atoms with Crippen LogP contribution in [0.4, 0.5) is 0 Å². The summed E-state index contributed by atoms with van der Waals surface area (Å²) in [6.07, 6.45) is 0.279. The third-order valence-electron chi connectivity index (χ3n) is 2.87. The largest absolute Gasteiger partial charge is 0.494 e. The molecule has 0 aliphatic rings. The van der Waals surface area contributed by atoms with Crippen LogP contribution < -0.4 is 10.2 Å². The van der Waals surface area contributed by atoms with Gasteiger partial charge in [0.15, 0.2) is 0 Å². The van der Waals surface area contributed by atoms with E-state index in [1.54, 1.807) is 0 Å². The van der Waals surface area contributed by atoms with Gasteiger partial charge in [0.2, 0.25) is 5.91 Å². The lowest BCUT2D eigenvalue weighted by molar-refractivity contribution is -0.133. The van der Waals surface area contributed by atoms with E-state index in [2.05, 4.69) is 5.48 Å². The van der Waals surface area contributed by atoms with Crippen LogP contribution in [0.15, 0.2) is 54.6 Å². The standard InChI is InChI=1S/C17H19NO3/c1-2-20-16-10-8-14(9-11-16)12-17(19)18-21-13-15-6-4-3-5-7-15/h3-11H,2,12-13H2,1H3,(H,18,19). The van der Waals surface area contributed by atoms with Crippen molar-refractivity contribution in [2.45, 2.75) is 20.0 Å². The molecule has 0 aliphatic carbocycles. The first-order chi connectivity index (χ1) is 10.3. The van der Waals surface area contributed by atoms with Gasteiger partial charge in [0.05, 0.1) is 19.6 Å². The summed E-state index contributed by atoms with van der Waals surface area (Å²) in [5.74, 6) is 0.636. The Hall–Kier alpha value is -2.33. The molecule has 0 aromatic heterocycles. The van der Waals surface area contributed by atoms with E-state index >= 15 is 0 Å². The number of nitrogens with one attached hydrogen (secondary N) is 1. The number of amides is 1. The molecule has 1 amide bonds. The van der Waals surface area contributed by atoms with Crippen molar-refractivity contribution in [1.82, 2.24) is 5.48 Å². The van der Waals surface area contributed by atoms with Gasteiger partial charge >= 0.3 is 0 Å². The van der Waals surface area contributed by atoms with Crippen molar-refractivity contribution in [1.29, 1.82) is 0 Å². The average Bonchev–Trinajstić information content (AvgIpc) is 2.51. The number of benzene rings is 2. The minimum Gasteiger partial charge on any atom is -0.494 e. The van der Waals surface area contributed by atoms with E-state index in [-0.39, 0.29) is 12.3 Å². The van der Waals surface area contributed by atoms with E-state index in [4.69, 9.17) is 9.57 Å². The maximum Gasteiger partial charge on any atom is 0.247 e. The summed E-state index contributed by atoms with van der Waals surface area (Å²) in [7, 11) is 0. The zero-order valence-electron chi connectivity index (χ0n) is 12.0. The predicted molar refractivity (Wildman–Crippen MR) is 80.7 cm³/mol. The van der Waals surface area contributed by atoms with Crippen LogP contribution in [-0.2, 0) is 22.7 Å². The van der Waals surface area contributed by atoms with E-state index in [0.717, 1.165) is 16.9 Å². The van der Waals surface area contributed by atoms with E-state index in [9.17, 15) is 4.79 Å². The molecule has 0 bridgehead atoms. The van der Waals surface area contributed by atoms with Gasteiger partial charge < -0.3 is 4.74 Å². The topological polar surface area (TPSA) is 47.6 Å². The maximum atomic E-state index is 11.7. The van der Waals surface area contributed by atoms with Crippen LogP contribution >= 0.6 is 0 Å². The van der Waals surface area contributed by atoms with Crippen molar-refractivity contribution in [2.75, 3.05) is 6.61 Å². The van der Waals surface area contributed by atoms with Gasteiger partial charge in [0.25, 0.3) is 0 Å².